The summed E-state index contributed by atoms with van der Waals surface area (Å²) < 4.78 is 9.44. The van der Waals surface area contributed by atoms with E-state index in [4.69, 9.17) is 4.74 Å². The largest absolute Gasteiger partial charge is 0.376 e. The Hall–Kier alpha value is -1.91. The number of nitrogens with zero attached hydrogens (tertiary/aromatic N) is 5. The van der Waals surface area contributed by atoms with Crippen LogP contribution in [-0.2, 0) is 16.6 Å². The summed E-state index contributed by atoms with van der Waals surface area (Å²) in [4.78, 5) is 17.5. The average molecular weight is 393 g/mol. The normalized spacial score (nSPS) is 17.2. The zero-order valence-corrected chi connectivity index (χ0v) is 16.3. The molecule has 1 aliphatic rings. The number of imidazole rings is 1. The van der Waals surface area contributed by atoms with Gasteiger partial charge in [0.05, 0.1) is 17.6 Å². The fraction of sp³-hybridized carbons (Fsp3) is 0.500. The molecular formula is C16H20N6O2S2. The zero-order chi connectivity index (χ0) is 18.1. The topological polar surface area (TPSA) is 86.3 Å². The number of amides is 1. The van der Waals surface area contributed by atoms with E-state index in [2.05, 4.69) is 20.5 Å². The van der Waals surface area contributed by atoms with Gasteiger partial charge in [0.25, 0.3) is 0 Å². The van der Waals surface area contributed by atoms with Gasteiger partial charge in [0.2, 0.25) is 5.91 Å². The van der Waals surface area contributed by atoms with E-state index in [0.29, 0.717) is 17.5 Å². The number of carbonyl (C=O) groups excluding carboxylic acids is 1. The summed E-state index contributed by atoms with van der Waals surface area (Å²) in [6.45, 7) is 3.34. The predicted molar refractivity (Wildman–Crippen MR) is 101 cm³/mol. The summed E-state index contributed by atoms with van der Waals surface area (Å²) in [5.41, 5.74) is 1.85. The van der Waals surface area contributed by atoms with Crippen molar-refractivity contribution in [3.05, 3.63) is 17.3 Å². The molecule has 4 heterocycles. The quantitative estimate of drug-likeness (QED) is 0.645. The lowest BCUT2D eigenvalue weighted by Gasteiger charge is -2.10. The average Bonchev–Trinajstić information content (AvgIpc) is 3.38. The minimum absolute atomic E-state index is 0.0178. The first-order chi connectivity index (χ1) is 12.6. The molecule has 1 saturated heterocycles. The van der Waals surface area contributed by atoms with Crippen molar-refractivity contribution in [1.82, 2.24) is 29.5 Å². The lowest BCUT2D eigenvalue weighted by atomic mass is 10.2. The Balaban J connectivity index is 1.42. The first kappa shape index (κ1) is 17.5. The van der Waals surface area contributed by atoms with Crippen molar-refractivity contribution in [2.75, 3.05) is 18.9 Å². The van der Waals surface area contributed by atoms with Gasteiger partial charge in [-0.1, -0.05) is 11.8 Å². The highest BCUT2D eigenvalue weighted by Gasteiger charge is 2.20. The van der Waals surface area contributed by atoms with E-state index in [1.54, 1.807) is 11.3 Å². The number of rotatable bonds is 6. The molecule has 138 valence electrons. The van der Waals surface area contributed by atoms with Crippen LogP contribution in [0.25, 0.3) is 16.5 Å². The molecule has 1 fully saturated rings. The van der Waals surface area contributed by atoms with Gasteiger partial charge in [-0.3, -0.25) is 9.20 Å². The van der Waals surface area contributed by atoms with E-state index >= 15 is 0 Å². The number of thiazole rings is 1. The predicted octanol–water partition coefficient (Wildman–Crippen LogP) is 1.89. The molecule has 0 saturated carbocycles. The second kappa shape index (κ2) is 7.37. The molecule has 8 nitrogen and oxygen atoms in total. The van der Waals surface area contributed by atoms with Gasteiger partial charge in [0.1, 0.15) is 5.69 Å². The molecule has 0 spiro atoms. The molecule has 3 aromatic rings. The van der Waals surface area contributed by atoms with Gasteiger partial charge in [-0.2, -0.15) is 0 Å². The second-order valence-corrected chi connectivity index (χ2v) is 8.01. The first-order valence-corrected chi connectivity index (χ1v) is 10.3. The third kappa shape index (κ3) is 3.36. The fourth-order valence-electron chi connectivity index (χ4n) is 3.02. The Morgan fingerprint density at radius 1 is 1.50 bits per heavy atom. The molecule has 0 radical (unpaired) electrons. The van der Waals surface area contributed by atoms with Gasteiger partial charge in [-0.25, -0.2) is 4.98 Å². The fourth-order valence-corrected chi connectivity index (χ4v) is 4.52. The monoisotopic (exact) mass is 392 g/mol. The summed E-state index contributed by atoms with van der Waals surface area (Å²) >= 11 is 2.96. The van der Waals surface area contributed by atoms with Crippen molar-refractivity contribution in [3.8, 4) is 11.5 Å². The lowest BCUT2D eigenvalue weighted by Crippen LogP contribution is -2.32. The Bertz CT molecular complexity index is 925. The number of aromatic nitrogens is 5. The number of aryl methyl sites for hydroxylation is 1. The van der Waals surface area contributed by atoms with Crippen LogP contribution >= 0.6 is 23.1 Å². The number of thioether (sulfide) groups is 1. The summed E-state index contributed by atoms with van der Waals surface area (Å²) in [5.74, 6) is 1.03. The zero-order valence-electron chi connectivity index (χ0n) is 14.6. The van der Waals surface area contributed by atoms with Gasteiger partial charge in [-0.15, -0.1) is 21.5 Å². The number of carbonyl (C=O) groups is 1. The van der Waals surface area contributed by atoms with Gasteiger partial charge >= 0.3 is 0 Å². The SMILES string of the molecule is Cc1nc2sccn2c1-c1nnc(SCC(=O)NC[C@@H]2CCCO2)n1C. The molecule has 0 aromatic carbocycles. The van der Waals surface area contributed by atoms with Crippen molar-refractivity contribution in [2.45, 2.75) is 31.0 Å². The van der Waals surface area contributed by atoms with E-state index in [1.807, 2.05) is 34.5 Å². The molecule has 10 heteroatoms. The van der Waals surface area contributed by atoms with Crippen LogP contribution in [0.3, 0.4) is 0 Å². The van der Waals surface area contributed by atoms with Gasteiger partial charge in [0.15, 0.2) is 15.9 Å². The molecule has 0 aliphatic carbocycles. The highest BCUT2D eigenvalue weighted by molar-refractivity contribution is 7.99. The summed E-state index contributed by atoms with van der Waals surface area (Å²) in [5, 5.41) is 14.2. The van der Waals surface area contributed by atoms with Crippen molar-refractivity contribution < 1.29 is 9.53 Å². The first-order valence-electron chi connectivity index (χ1n) is 8.46. The Morgan fingerprint density at radius 2 is 2.38 bits per heavy atom. The molecule has 4 rings (SSSR count). The highest BCUT2D eigenvalue weighted by Crippen LogP contribution is 2.27. The van der Waals surface area contributed by atoms with Crippen LogP contribution in [0.1, 0.15) is 18.5 Å². The van der Waals surface area contributed by atoms with Crippen molar-refractivity contribution in [1.29, 1.82) is 0 Å². The third-order valence-electron chi connectivity index (χ3n) is 4.37. The molecule has 1 amide bonds. The number of nitrogens with one attached hydrogen (secondary N) is 1. The number of fused-ring (bicyclic) bond motifs is 1. The molecule has 0 bridgehead atoms. The Kier molecular flexibility index (Phi) is 4.96. The minimum atomic E-state index is -0.0178. The van der Waals surface area contributed by atoms with E-state index in [-0.39, 0.29) is 12.0 Å². The number of hydrogen-bond donors (Lipinski definition) is 1. The van der Waals surface area contributed by atoms with Crippen LogP contribution in [0.5, 0.6) is 0 Å². The summed E-state index contributed by atoms with van der Waals surface area (Å²) in [6, 6.07) is 0. The van der Waals surface area contributed by atoms with Crippen LogP contribution in [0.15, 0.2) is 16.7 Å². The van der Waals surface area contributed by atoms with E-state index in [0.717, 1.165) is 41.6 Å². The molecule has 0 unspecified atom stereocenters. The molecule has 1 N–H and O–H groups in total. The van der Waals surface area contributed by atoms with Crippen molar-refractivity contribution in [2.24, 2.45) is 7.05 Å². The van der Waals surface area contributed by atoms with Crippen molar-refractivity contribution >= 4 is 34.0 Å². The maximum atomic E-state index is 12.1. The number of hydrogen-bond acceptors (Lipinski definition) is 7. The molecule has 26 heavy (non-hydrogen) atoms. The van der Waals surface area contributed by atoms with Crippen LogP contribution < -0.4 is 5.32 Å². The molecule has 3 aromatic heterocycles. The summed E-state index contributed by atoms with van der Waals surface area (Å²) in [7, 11) is 1.91. The van der Waals surface area contributed by atoms with Crippen LogP contribution in [0.4, 0.5) is 0 Å². The van der Waals surface area contributed by atoms with E-state index in [1.165, 1.54) is 11.8 Å². The van der Waals surface area contributed by atoms with Gasteiger partial charge < -0.3 is 14.6 Å². The van der Waals surface area contributed by atoms with Crippen LogP contribution in [0, 0.1) is 6.92 Å². The Morgan fingerprint density at radius 3 is 3.19 bits per heavy atom. The summed E-state index contributed by atoms with van der Waals surface area (Å²) in [6.07, 6.45) is 4.22. The maximum absolute atomic E-state index is 12.1. The van der Waals surface area contributed by atoms with Crippen LogP contribution in [-0.4, -0.2) is 55.1 Å². The van der Waals surface area contributed by atoms with E-state index < -0.39 is 0 Å². The standard InChI is InChI=1S/C16H20N6O2S2/c1-10-13(22-5-7-25-15(22)18-10)14-19-20-16(21(14)2)26-9-12(23)17-8-11-4-3-6-24-11/h5,7,11H,3-4,6,8-9H2,1-2H3,(H,17,23)/t11-/m0/s1. The second-order valence-electron chi connectivity index (χ2n) is 6.19. The highest BCUT2D eigenvalue weighted by atomic mass is 32.2. The smallest absolute Gasteiger partial charge is 0.230 e. The van der Waals surface area contributed by atoms with E-state index in [9.17, 15) is 4.79 Å². The van der Waals surface area contributed by atoms with Crippen LogP contribution in [0.2, 0.25) is 0 Å². The third-order valence-corrected chi connectivity index (χ3v) is 6.14. The van der Waals surface area contributed by atoms with Gasteiger partial charge in [0, 0.05) is 31.8 Å². The van der Waals surface area contributed by atoms with Gasteiger partial charge in [-0.05, 0) is 19.8 Å². The molecule has 1 aliphatic heterocycles. The molecule has 1 atom stereocenters. The van der Waals surface area contributed by atoms with Crippen molar-refractivity contribution in [3.63, 3.8) is 0 Å². The molecular weight excluding hydrogens is 372 g/mol. The lowest BCUT2D eigenvalue weighted by molar-refractivity contribution is -0.119. The maximum Gasteiger partial charge on any atom is 0.230 e. The number of ether oxygens (including phenoxy) is 1. The minimum Gasteiger partial charge on any atom is -0.376 e. The Labute approximate surface area is 159 Å².